The molecule has 0 aromatic heterocycles. The zero-order chi connectivity index (χ0) is 13.1. The number of halogens is 1. The van der Waals surface area contributed by atoms with Gasteiger partial charge in [-0.2, -0.15) is 0 Å². The Labute approximate surface area is 115 Å². The Morgan fingerprint density at radius 2 is 1.76 bits per heavy atom. The second-order valence-electron chi connectivity index (χ2n) is 5.26. The molecule has 0 amide bonds. The molecule has 2 radical (unpaired) electrons. The molecule has 0 saturated heterocycles. The van der Waals surface area contributed by atoms with Crippen LogP contribution in [0, 0.1) is 25.7 Å². The van der Waals surface area contributed by atoms with E-state index < -0.39 is 0 Å². The van der Waals surface area contributed by atoms with Crippen molar-refractivity contribution in [3.8, 4) is 0 Å². The molecule has 0 aromatic rings. The minimum Gasteiger partial charge on any atom is -0.123 e. The van der Waals surface area contributed by atoms with Gasteiger partial charge in [-0.3, -0.25) is 0 Å². The summed E-state index contributed by atoms with van der Waals surface area (Å²) in [6.45, 7) is 12.0. The van der Waals surface area contributed by atoms with Gasteiger partial charge in [0.25, 0.3) is 0 Å². The minimum absolute atomic E-state index is 0.145. The summed E-state index contributed by atoms with van der Waals surface area (Å²) in [7, 11) is 0. The summed E-state index contributed by atoms with van der Waals surface area (Å²) >= 11 is 5.72. The van der Waals surface area contributed by atoms with E-state index in [4.69, 9.17) is 11.6 Å². The third-order valence-electron chi connectivity index (χ3n) is 3.51. The summed E-state index contributed by atoms with van der Waals surface area (Å²) in [5.74, 6) is 1.89. The third-order valence-corrected chi connectivity index (χ3v) is 3.68. The molecule has 3 unspecified atom stereocenters. The van der Waals surface area contributed by atoms with Crippen LogP contribution in [-0.2, 0) is 0 Å². The highest BCUT2D eigenvalue weighted by Gasteiger charge is 2.35. The Kier molecular flexibility index (Phi) is 11.6. The summed E-state index contributed by atoms with van der Waals surface area (Å²) in [6.07, 6.45) is 11.8. The standard InChI is InChI=1S/C8H14Cl.C8H17/c1-3-7-5-8(7)4-6(2)9;1-3-5-7-8-6-4-2/h6-8H,2-5H2,1H3;1,3-8H2,2H3. The summed E-state index contributed by atoms with van der Waals surface area (Å²) in [5.41, 5.74) is 0. The maximum absolute atomic E-state index is 5.72. The van der Waals surface area contributed by atoms with Crippen molar-refractivity contribution >= 4 is 11.6 Å². The molecular weight excluding hydrogens is 228 g/mol. The molecule has 0 heterocycles. The Morgan fingerprint density at radius 3 is 2.18 bits per heavy atom. The molecule has 0 spiro atoms. The fourth-order valence-corrected chi connectivity index (χ4v) is 2.44. The van der Waals surface area contributed by atoms with Crippen molar-refractivity contribution in [3.63, 3.8) is 0 Å². The average Bonchev–Trinajstić information content (AvgIpc) is 3.03. The maximum atomic E-state index is 5.72. The Balaban J connectivity index is 0.000000304. The number of alkyl halides is 1. The minimum atomic E-state index is 0.145. The number of hydrogen-bond donors (Lipinski definition) is 0. The van der Waals surface area contributed by atoms with Crippen LogP contribution in [-0.4, -0.2) is 5.38 Å². The third kappa shape index (κ3) is 11.1. The smallest absolute Gasteiger partial charge is 0.0339 e. The quantitative estimate of drug-likeness (QED) is 0.367. The predicted octanol–water partition coefficient (Wildman–Crippen LogP) is 6.05. The summed E-state index contributed by atoms with van der Waals surface area (Å²) in [5, 5.41) is 0.145. The van der Waals surface area contributed by atoms with Gasteiger partial charge in [-0.05, 0) is 31.6 Å². The van der Waals surface area contributed by atoms with Crippen LogP contribution in [0.5, 0.6) is 0 Å². The topological polar surface area (TPSA) is 0 Å². The number of unbranched alkanes of at least 4 members (excludes halogenated alkanes) is 5. The molecule has 1 rings (SSSR count). The van der Waals surface area contributed by atoms with E-state index in [0.29, 0.717) is 0 Å². The van der Waals surface area contributed by atoms with Crippen molar-refractivity contribution in [2.75, 3.05) is 0 Å². The van der Waals surface area contributed by atoms with Gasteiger partial charge in [0.1, 0.15) is 0 Å². The van der Waals surface area contributed by atoms with Crippen LogP contribution < -0.4 is 0 Å². The van der Waals surface area contributed by atoms with Gasteiger partial charge in [-0.1, -0.05) is 65.7 Å². The van der Waals surface area contributed by atoms with Crippen LogP contribution in [0.3, 0.4) is 0 Å². The van der Waals surface area contributed by atoms with Crippen LogP contribution in [0.25, 0.3) is 0 Å². The van der Waals surface area contributed by atoms with Crippen LogP contribution in [0.2, 0.25) is 0 Å². The molecule has 1 aliphatic carbocycles. The van der Waals surface area contributed by atoms with E-state index >= 15 is 0 Å². The lowest BCUT2D eigenvalue weighted by molar-refractivity contribution is 0.637. The first-order chi connectivity index (χ1) is 8.15. The highest BCUT2D eigenvalue weighted by molar-refractivity contribution is 6.21. The van der Waals surface area contributed by atoms with Gasteiger partial charge < -0.3 is 0 Å². The molecule has 1 fully saturated rings. The Morgan fingerprint density at radius 1 is 1.12 bits per heavy atom. The summed E-state index contributed by atoms with van der Waals surface area (Å²) in [4.78, 5) is 0. The van der Waals surface area contributed by atoms with E-state index in [1.807, 2.05) is 0 Å². The normalized spacial score (nSPS) is 23.8. The van der Waals surface area contributed by atoms with Crippen LogP contribution in [0.15, 0.2) is 0 Å². The Hall–Kier alpha value is 0.290. The Bertz CT molecular complexity index is 148. The summed E-state index contributed by atoms with van der Waals surface area (Å²) in [6, 6.07) is 0. The van der Waals surface area contributed by atoms with Crippen LogP contribution in [0.4, 0.5) is 0 Å². The lowest BCUT2D eigenvalue weighted by Gasteiger charge is -1.98. The van der Waals surface area contributed by atoms with Crippen LogP contribution >= 0.6 is 11.6 Å². The first-order valence-corrected chi connectivity index (χ1v) is 7.85. The van der Waals surface area contributed by atoms with E-state index in [0.717, 1.165) is 24.7 Å². The van der Waals surface area contributed by atoms with Gasteiger partial charge in [-0.15, -0.1) is 11.6 Å². The van der Waals surface area contributed by atoms with E-state index in [-0.39, 0.29) is 5.38 Å². The van der Waals surface area contributed by atoms with Gasteiger partial charge >= 0.3 is 0 Å². The zero-order valence-corrected chi connectivity index (χ0v) is 12.6. The number of hydrogen-bond acceptors (Lipinski definition) is 0. The molecule has 0 bridgehead atoms. The highest BCUT2D eigenvalue weighted by atomic mass is 35.5. The van der Waals surface area contributed by atoms with Crippen molar-refractivity contribution in [1.29, 1.82) is 0 Å². The second kappa shape index (κ2) is 11.4. The van der Waals surface area contributed by atoms with E-state index in [9.17, 15) is 0 Å². The van der Waals surface area contributed by atoms with Crippen molar-refractivity contribution < 1.29 is 0 Å². The molecule has 1 saturated carbocycles. The summed E-state index contributed by atoms with van der Waals surface area (Å²) < 4.78 is 0. The molecule has 0 aromatic carbocycles. The first kappa shape index (κ1) is 17.3. The first-order valence-electron chi connectivity index (χ1n) is 7.42. The molecule has 17 heavy (non-hydrogen) atoms. The number of rotatable bonds is 8. The predicted molar refractivity (Wildman–Crippen MR) is 80.2 cm³/mol. The average molecular weight is 259 g/mol. The highest BCUT2D eigenvalue weighted by Crippen LogP contribution is 2.44. The molecule has 1 aliphatic rings. The van der Waals surface area contributed by atoms with Crippen molar-refractivity contribution in [1.82, 2.24) is 0 Å². The van der Waals surface area contributed by atoms with Gasteiger partial charge in [0.05, 0.1) is 0 Å². The van der Waals surface area contributed by atoms with E-state index in [1.54, 1.807) is 0 Å². The fourth-order valence-electron chi connectivity index (χ4n) is 2.21. The zero-order valence-electron chi connectivity index (χ0n) is 11.9. The van der Waals surface area contributed by atoms with Crippen LogP contribution in [0.1, 0.15) is 71.6 Å². The second-order valence-corrected chi connectivity index (χ2v) is 5.88. The van der Waals surface area contributed by atoms with Crippen molar-refractivity contribution in [2.24, 2.45) is 11.8 Å². The lowest BCUT2D eigenvalue weighted by atomic mass is 10.1. The molecule has 0 aliphatic heterocycles. The lowest BCUT2D eigenvalue weighted by Crippen LogP contribution is -1.93. The molecule has 102 valence electrons. The van der Waals surface area contributed by atoms with Crippen molar-refractivity contribution in [3.05, 3.63) is 13.8 Å². The molecular formula is C16H31Cl. The van der Waals surface area contributed by atoms with Gasteiger partial charge in [0.2, 0.25) is 0 Å². The molecule has 1 heteroatoms. The molecule has 0 nitrogen and oxygen atoms in total. The van der Waals surface area contributed by atoms with Gasteiger partial charge in [0.15, 0.2) is 0 Å². The van der Waals surface area contributed by atoms with Gasteiger partial charge in [0, 0.05) is 5.38 Å². The van der Waals surface area contributed by atoms with E-state index in [2.05, 4.69) is 27.7 Å². The maximum Gasteiger partial charge on any atom is 0.0339 e. The molecule has 3 atom stereocenters. The van der Waals surface area contributed by atoms with Gasteiger partial charge in [-0.25, -0.2) is 0 Å². The fraction of sp³-hybridized carbons (Fsp3) is 0.875. The van der Waals surface area contributed by atoms with Crippen molar-refractivity contribution in [2.45, 2.75) is 77.0 Å². The molecule has 0 N–H and O–H groups in total. The van der Waals surface area contributed by atoms with E-state index in [1.165, 1.54) is 44.9 Å². The SMILES string of the molecule is [CH2]C(Cl)CC1CC1CC.[CH2]CCCCCCC. The largest absolute Gasteiger partial charge is 0.123 e. The monoisotopic (exact) mass is 258 g/mol.